The van der Waals surface area contributed by atoms with Crippen LogP contribution >= 0.6 is 0 Å². The molecular weight excluding hydrogens is 412 g/mol. The van der Waals surface area contributed by atoms with Gasteiger partial charge in [0.15, 0.2) is 11.5 Å². The molecule has 0 radical (unpaired) electrons. The standard InChI is InChI=1S/C29H30O4/c1-5-12-27(30)33-29-20(6-2)28(32-8-4)25(18-26(29)31-7-3)23-16-11-15-22-21-14-10-9-13-19(21)17-24(22)23/h5,9-16,18H,6-8,17H2,1-4H3. The second-order valence-electron chi connectivity index (χ2n) is 7.87. The van der Waals surface area contributed by atoms with Crippen molar-refractivity contribution in [2.24, 2.45) is 0 Å². The topological polar surface area (TPSA) is 44.8 Å². The SMILES string of the molecule is CC=CC(=O)Oc1c(OCC)cc(-c2cccc3c2Cc2ccccc2-3)c(OCC)c1CC. The summed E-state index contributed by atoms with van der Waals surface area (Å²) in [5.41, 5.74) is 8.07. The number of ether oxygens (including phenoxy) is 3. The predicted octanol–water partition coefficient (Wildman–Crippen LogP) is 6.77. The van der Waals surface area contributed by atoms with Crippen molar-refractivity contribution in [3.8, 4) is 39.5 Å². The van der Waals surface area contributed by atoms with Crippen molar-refractivity contribution in [3.05, 3.63) is 77.4 Å². The van der Waals surface area contributed by atoms with Crippen LogP contribution in [0.2, 0.25) is 0 Å². The Balaban J connectivity index is 1.95. The third kappa shape index (κ3) is 4.25. The zero-order chi connectivity index (χ0) is 23.4. The summed E-state index contributed by atoms with van der Waals surface area (Å²) >= 11 is 0. The maximum absolute atomic E-state index is 12.3. The van der Waals surface area contributed by atoms with E-state index in [1.807, 2.05) is 26.8 Å². The second-order valence-corrected chi connectivity index (χ2v) is 7.87. The molecule has 3 aromatic carbocycles. The van der Waals surface area contributed by atoms with Gasteiger partial charge >= 0.3 is 5.97 Å². The average Bonchev–Trinajstić information content (AvgIpc) is 3.20. The number of allylic oxidation sites excluding steroid dienone is 1. The van der Waals surface area contributed by atoms with E-state index in [2.05, 4.69) is 42.5 Å². The first-order chi connectivity index (χ1) is 16.1. The number of fused-ring (bicyclic) bond motifs is 3. The van der Waals surface area contributed by atoms with Crippen LogP contribution in [-0.4, -0.2) is 19.2 Å². The van der Waals surface area contributed by atoms with Gasteiger partial charge in [-0.25, -0.2) is 4.79 Å². The van der Waals surface area contributed by atoms with Crippen molar-refractivity contribution in [2.75, 3.05) is 13.2 Å². The van der Waals surface area contributed by atoms with Gasteiger partial charge in [-0.15, -0.1) is 0 Å². The Morgan fingerprint density at radius 1 is 0.879 bits per heavy atom. The minimum Gasteiger partial charge on any atom is -0.493 e. The summed E-state index contributed by atoms with van der Waals surface area (Å²) in [4.78, 5) is 12.3. The molecule has 33 heavy (non-hydrogen) atoms. The van der Waals surface area contributed by atoms with Gasteiger partial charge in [-0.05, 0) is 67.5 Å². The molecule has 0 saturated carbocycles. The molecule has 0 atom stereocenters. The van der Waals surface area contributed by atoms with Gasteiger partial charge in [0, 0.05) is 17.2 Å². The smallest absolute Gasteiger partial charge is 0.335 e. The highest BCUT2D eigenvalue weighted by Crippen LogP contribution is 2.49. The number of carbonyl (C=O) groups is 1. The van der Waals surface area contributed by atoms with Crippen LogP contribution in [0.15, 0.2) is 60.7 Å². The highest BCUT2D eigenvalue weighted by Gasteiger charge is 2.27. The molecule has 0 N–H and O–H groups in total. The van der Waals surface area contributed by atoms with Gasteiger partial charge in [-0.1, -0.05) is 55.5 Å². The molecule has 1 aliphatic carbocycles. The summed E-state index contributed by atoms with van der Waals surface area (Å²) in [7, 11) is 0. The molecule has 0 saturated heterocycles. The van der Waals surface area contributed by atoms with Crippen molar-refractivity contribution >= 4 is 5.97 Å². The molecule has 0 fully saturated rings. The molecule has 0 bridgehead atoms. The first kappa shape index (κ1) is 22.7. The number of rotatable bonds is 8. The lowest BCUT2D eigenvalue weighted by molar-refractivity contribution is -0.129. The normalized spacial score (nSPS) is 11.9. The molecule has 0 aliphatic heterocycles. The molecule has 4 heteroatoms. The van der Waals surface area contributed by atoms with Gasteiger partial charge < -0.3 is 14.2 Å². The summed E-state index contributed by atoms with van der Waals surface area (Å²) in [6.07, 6.45) is 4.58. The van der Waals surface area contributed by atoms with Gasteiger partial charge in [0.1, 0.15) is 5.75 Å². The highest BCUT2D eigenvalue weighted by atomic mass is 16.6. The van der Waals surface area contributed by atoms with E-state index in [-0.39, 0.29) is 0 Å². The second kappa shape index (κ2) is 9.95. The van der Waals surface area contributed by atoms with E-state index >= 15 is 0 Å². The van der Waals surface area contributed by atoms with E-state index in [4.69, 9.17) is 14.2 Å². The third-order valence-corrected chi connectivity index (χ3v) is 5.88. The monoisotopic (exact) mass is 442 g/mol. The minimum atomic E-state index is -0.431. The average molecular weight is 443 g/mol. The van der Waals surface area contributed by atoms with Crippen molar-refractivity contribution in [1.29, 1.82) is 0 Å². The van der Waals surface area contributed by atoms with Gasteiger partial charge in [0.05, 0.1) is 13.2 Å². The van der Waals surface area contributed by atoms with Crippen LogP contribution in [-0.2, 0) is 17.6 Å². The van der Waals surface area contributed by atoms with Crippen molar-refractivity contribution in [1.82, 2.24) is 0 Å². The Morgan fingerprint density at radius 2 is 1.58 bits per heavy atom. The number of carbonyl (C=O) groups excluding carboxylic acids is 1. The molecule has 1 aliphatic rings. The largest absolute Gasteiger partial charge is 0.493 e. The first-order valence-corrected chi connectivity index (χ1v) is 11.6. The molecule has 0 heterocycles. The number of hydrogen-bond donors (Lipinski definition) is 0. The van der Waals surface area contributed by atoms with Crippen LogP contribution in [0.4, 0.5) is 0 Å². The zero-order valence-electron chi connectivity index (χ0n) is 19.7. The zero-order valence-corrected chi connectivity index (χ0v) is 19.7. The number of esters is 1. The van der Waals surface area contributed by atoms with E-state index in [1.165, 1.54) is 28.3 Å². The van der Waals surface area contributed by atoms with Crippen LogP contribution in [0.3, 0.4) is 0 Å². The van der Waals surface area contributed by atoms with Crippen LogP contribution in [0, 0.1) is 0 Å². The summed E-state index contributed by atoms with van der Waals surface area (Å²) in [6.45, 7) is 8.69. The lowest BCUT2D eigenvalue weighted by atomic mass is 9.92. The fourth-order valence-corrected chi connectivity index (χ4v) is 4.56. The van der Waals surface area contributed by atoms with Crippen LogP contribution in [0.5, 0.6) is 17.2 Å². The Hall–Kier alpha value is -3.53. The van der Waals surface area contributed by atoms with Crippen molar-refractivity contribution in [2.45, 2.75) is 40.5 Å². The lowest BCUT2D eigenvalue weighted by Crippen LogP contribution is -2.10. The van der Waals surface area contributed by atoms with Crippen molar-refractivity contribution < 1.29 is 19.0 Å². The molecule has 170 valence electrons. The lowest BCUT2D eigenvalue weighted by Gasteiger charge is -2.22. The highest BCUT2D eigenvalue weighted by molar-refractivity contribution is 5.89. The number of benzene rings is 3. The molecular formula is C29H30O4. The van der Waals surface area contributed by atoms with E-state index in [9.17, 15) is 4.79 Å². The Morgan fingerprint density at radius 3 is 2.27 bits per heavy atom. The van der Waals surface area contributed by atoms with Crippen molar-refractivity contribution in [3.63, 3.8) is 0 Å². The van der Waals surface area contributed by atoms with Crippen LogP contribution in [0.1, 0.15) is 44.4 Å². The summed E-state index contributed by atoms with van der Waals surface area (Å²) in [5, 5.41) is 0. The van der Waals surface area contributed by atoms with Gasteiger partial charge in [0.25, 0.3) is 0 Å². The summed E-state index contributed by atoms with van der Waals surface area (Å²) in [6, 6.07) is 16.9. The summed E-state index contributed by atoms with van der Waals surface area (Å²) < 4.78 is 17.9. The molecule has 0 amide bonds. The molecule has 3 aromatic rings. The van der Waals surface area contributed by atoms with Gasteiger partial charge in [-0.2, -0.15) is 0 Å². The third-order valence-electron chi connectivity index (χ3n) is 5.88. The number of hydrogen-bond acceptors (Lipinski definition) is 4. The quantitative estimate of drug-likeness (QED) is 0.172. The fourth-order valence-electron chi connectivity index (χ4n) is 4.56. The Bertz CT molecular complexity index is 1210. The first-order valence-electron chi connectivity index (χ1n) is 11.6. The molecule has 4 nitrogen and oxygen atoms in total. The maximum Gasteiger partial charge on any atom is 0.335 e. The van der Waals surface area contributed by atoms with E-state index in [0.717, 1.165) is 28.9 Å². The van der Waals surface area contributed by atoms with Crippen LogP contribution in [0.25, 0.3) is 22.3 Å². The fraction of sp³-hybridized carbons (Fsp3) is 0.276. The van der Waals surface area contributed by atoms with E-state index < -0.39 is 5.97 Å². The van der Waals surface area contributed by atoms with E-state index in [1.54, 1.807) is 13.0 Å². The summed E-state index contributed by atoms with van der Waals surface area (Å²) in [5.74, 6) is 1.31. The molecule has 0 spiro atoms. The van der Waals surface area contributed by atoms with Crippen LogP contribution < -0.4 is 14.2 Å². The predicted molar refractivity (Wildman–Crippen MR) is 132 cm³/mol. The van der Waals surface area contributed by atoms with Gasteiger partial charge in [-0.3, -0.25) is 0 Å². The Labute approximate surface area is 195 Å². The molecule has 0 unspecified atom stereocenters. The molecule has 4 rings (SSSR count). The maximum atomic E-state index is 12.3. The molecule has 0 aromatic heterocycles. The van der Waals surface area contributed by atoms with E-state index in [0.29, 0.717) is 31.1 Å². The minimum absolute atomic E-state index is 0.431. The van der Waals surface area contributed by atoms with Gasteiger partial charge in [0.2, 0.25) is 0 Å². The Kier molecular flexibility index (Phi) is 6.83.